The predicted molar refractivity (Wildman–Crippen MR) is 97.5 cm³/mol. The molecule has 9 heteroatoms. The van der Waals surface area contributed by atoms with Crippen LogP contribution < -0.4 is 5.32 Å². The normalized spacial score (nSPS) is 13.6. The van der Waals surface area contributed by atoms with E-state index in [1.54, 1.807) is 13.8 Å². The lowest BCUT2D eigenvalue weighted by atomic mass is 9.89. The first kappa shape index (κ1) is 23.7. The monoisotopic (exact) mass is 409 g/mol. The van der Waals surface area contributed by atoms with Gasteiger partial charge in [-0.1, -0.05) is 26.0 Å². The summed E-state index contributed by atoms with van der Waals surface area (Å²) in [5.41, 5.74) is -0.302. The smallest absolute Gasteiger partial charge is 0.344 e. The molecule has 1 amide bonds. The number of amides is 1. The van der Waals surface area contributed by atoms with Gasteiger partial charge in [-0.15, -0.1) is 0 Å². The minimum atomic E-state index is -4.43. The lowest BCUT2D eigenvalue weighted by Gasteiger charge is -2.22. The largest absolute Gasteiger partial charge is 0.416 e. The Labute approximate surface area is 158 Å². The van der Waals surface area contributed by atoms with Crippen molar-refractivity contribution >= 4 is 13.5 Å². The van der Waals surface area contributed by atoms with Gasteiger partial charge < -0.3 is 14.4 Å². The van der Waals surface area contributed by atoms with Crippen LogP contribution in [0.25, 0.3) is 0 Å². The average Bonchev–Trinajstić information content (AvgIpc) is 2.57. The summed E-state index contributed by atoms with van der Waals surface area (Å²) in [6, 6.07) is 4.53. The fourth-order valence-electron chi connectivity index (χ4n) is 2.59. The van der Waals surface area contributed by atoms with Gasteiger partial charge in [0.15, 0.2) is 0 Å². The summed E-state index contributed by atoms with van der Waals surface area (Å²) in [5.74, 6) is -0.958. The van der Waals surface area contributed by atoms with Crippen molar-refractivity contribution in [2.45, 2.75) is 46.2 Å². The first-order valence-corrected chi connectivity index (χ1v) is 10.6. The Hall–Kier alpha value is -1.37. The molecule has 0 fully saturated rings. The highest BCUT2D eigenvalue weighted by Crippen LogP contribution is 2.46. The molecule has 0 aliphatic rings. The summed E-state index contributed by atoms with van der Waals surface area (Å²) >= 11 is 0. The van der Waals surface area contributed by atoms with Gasteiger partial charge in [-0.25, -0.2) is 0 Å². The van der Waals surface area contributed by atoms with Crippen LogP contribution in [0.2, 0.25) is 0 Å². The van der Waals surface area contributed by atoms with Crippen molar-refractivity contribution in [1.29, 1.82) is 0 Å². The summed E-state index contributed by atoms with van der Waals surface area (Å²) in [4.78, 5) is 12.7. The first-order chi connectivity index (χ1) is 12.5. The molecule has 0 spiro atoms. The van der Waals surface area contributed by atoms with Gasteiger partial charge in [0, 0.05) is 0 Å². The van der Waals surface area contributed by atoms with Crippen molar-refractivity contribution < 1.29 is 31.6 Å². The van der Waals surface area contributed by atoms with E-state index in [2.05, 4.69) is 5.32 Å². The van der Waals surface area contributed by atoms with E-state index >= 15 is 0 Å². The molecule has 0 aliphatic carbocycles. The van der Waals surface area contributed by atoms with Gasteiger partial charge in [-0.05, 0) is 43.9 Å². The highest BCUT2D eigenvalue weighted by molar-refractivity contribution is 7.53. The highest BCUT2D eigenvalue weighted by Gasteiger charge is 2.31. The summed E-state index contributed by atoms with van der Waals surface area (Å²) in [7, 11) is -3.45. The minimum absolute atomic E-state index is 0.133. The molecular formula is C18H27F3NO4P. The fourth-order valence-corrected chi connectivity index (χ4v) is 3.98. The van der Waals surface area contributed by atoms with Crippen molar-refractivity contribution in [3.63, 3.8) is 0 Å². The maximum atomic E-state index is 12.7. The molecule has 0 saturated carbocycles. The summed E-state index contributed by atoms with van der Waals surface area (Å²) in [5, 5.41) is 2.57. The topological polar surface area (TPSA) is 64.6 Å². The SMILES string of the molecule is CCOP(=O)(CNC(=O)C(CC(C)C)c1ccc(C(F)(F)F)cc1)OCC. The number of carbonyl (C=O) groups is 1. The Bertz CT molecular complexity index is 637. The molecule has 1 rings (SSSR count). The van der Waals surface area contributed by atoms with Crippen molar-refractivity contribution in [1.82, 2.24) is 5.32 Å². The number of benzene rings is 1. The van der Waals surface area contributed by atoms with Crippen molar-refractivity contribution in [2.75, 3.05) is 19.5 Å². The number of carbonyl (C=O) groups excluding carboxylic acids is 1. The van der Waals surface area contributed by atoms with E-state index in [0.717, 1.165) is 12.1 Å². The van der Waals surface area contributed by atoms with Gasteiger partial charge >= 0.3 is 13.8 Å². The van der Waals surface area contributed by atoms with Gasteiger partial charge in [0.2, 0.25) is 5.91 Å². The molecule has 1 aromatic rings. The van der Waals surface area contributed by atoms with Crippen LogP contribution in [-0.2, 0) is 24.6 Å². The van der Waals surface area contributed by atoms with Crippen molar-refractivity contribution in [2.24, 2.45) is 5.92 Å². The summed E-state index contributed by atoms with van der Waals surface area (Å²) in [6.07, 6.45) is -4.29. The standard InChI is InChI=1S/C18H27F3NO4P/c1-5-25-27(24,26-6-2)12-22-17(23)16(11-13(3)4)14-7-9-15(10-8-14)18(19,20)21/h7-10,13,16H,5-6,11-12H2,1-4H3,(H,22,23). The minimum Gasteiger partial charge on any atom is -0.344 e. The summed E-state index contributed by atoms with van der Waals surface area (Å²) in [6.45, 7) is 7.49. The quantitative estimate of drug-likeness (QED) is 0.541. The Balaban J connectivity index is 2.96. The Morgan fingerprint density at radius 3 is 2.04 bits per heavy atom. The molecule has 27 heavy (non-hydrogen) atoms. The maximum absolute atomic E-state index is 12.7. The Kier molecular flexibility index (Phi) is 8.99. The third-order valence-electron chi connectivity index (χ3n) is 3.76. The lowest BCUT2D eigenvalue weighted by molar-refractivity contribution is -0.137. The molecule has 1 unspecified atom stereocenters. The molecule has 1 N–H and O–H groups in total. The molecule has 0 aliphatic heterocycles. The van der Waals surface area contributed by atoms with Crippen LogP contribution in [0.5, 0.6) is 0 Å². The molecule has 154 valence electrons. The van der Waals surface area contributed by atoms with E-state index in [0.29, 0.717) is 12.0 Å². The van der Waals surface area contributed by atoms with Crippen molar-refractivity contribution in [3.05, 3.63) is 35.4 Å². The highest BCUT2D eigenvalue weighted by atomic mass is 31.2. The molecule has 1 atom stereocenters. The fraction of sp³-hybridized carbons (Fsp3) is 0.611. The van der Waals surface area contributed by atoms with Gasteiger partial charge in [0.05, 0.1) is 24.7 Å². The van der Waals surface area contributed by atoms with Crippen molar-refractivity contribution in [3.8, 4) is 0 Å². The molecule has 0 aromatic heterocycles. The second-order valence-corrected chi connectivity index (χ2v) is 8.50. The van der Waals surface area contributed by atoms with E-state index < -0.39 is 31.2 Å². The molecule has 5 nitrogen and oxygen atoms in total. The number of hydrogen-bond donors (Lipinski definition) is 1. The van der Waals surface area contributed by atoms with Crippen LogP contribution in [0.1, 0.15) is 51.2 Å². The van der Waals surface area contributed by atoms with E-state index in [9.17, 15) is 22.5 Å². The molecule has 0 radical (unpaired) electrons. The Morgan fingerprint density at radius 2 is 1.63 bits per heavy atom. The van der Waals surface area contributed by atoms with Gasteiger partial charge in [-0.3, -0.25) is 9.36 Å². The number of halogens is 3. The van der Waals surface area contributed by atoms with E-state index in [1.807, 2.05) is 13.8 Å². The number of rotatable bonds is 10. The number of alkyl halides is 3. The number of nitrogens with one attached hydrogen (secondary N) is 1. The molecule has 1 aromatic carbocycles. The van der Waals surface area contributed by atoms with Crippen LogP contribution >= 0.6 is 7.60 Å². The van der Waals surface area contributed by atoms with Crippen LogP contribution in [-0.4, -0.2) is 25.4 Å². The first-order valence-electron chi connectivity index (χ1n) is 8.85. The van der Waals surface area contributed by atoms with E-state index in [4.69, 9.17) is 9.05 Å². The predicted octanol–water partition coefficient (Wildman–Crippen LogP) is 5.17. The zero-order valence-electron chi connectivity index (χ0n) is 16.0. The Morgan fingerprint density at radius 1 is 1.11 bits per heavy atom. The van der Waals surface area contributed by atoms with Gasteiger partial charge in [-0.2, -0.15) is 13.2 Å². The summed E-state index contributed by atoms with van der Waals surface area (Å²) < 4.78 is 61.0. The lowest BCUT2D eigenvalue weighted by Crippen LogP contribution is -2.31. The van der Waals surface area contributed by atoms with Crippen LogP contribution in [0.15, 0.2) is 24.3 Å². The molecule has 0 heterocycles. The van der Waals surface area contributed by atoms with Gasteiger partial charge in [0.1, 0.15) is 6.29 Å². The molecular weight excluding hydrogens is 382 g/mol. The second-order valence-electron chi connectivity index (χ2n) is 6.45. The molecule has 0 saturated heterocycles. The zero-order valence-corrected chi connectivity index (χ0v) is 16.9. The van der Waals surface area contributed by atoms with Crippen LogP contribution in [0, 0.1) is 5.92 Å². The second kappa shape index (κ2) is 10.2. The van der Waals surface area contributed by atoms with Crippen LogP contribution in [0.4, 0.5) is 13.2 Å². The van der Waals surface area contributed by atoms with Crippen LogP contribution in [0.3, 0.4) is 0 Å². The number of hydrogen-bond acceptors (Lipinski definition) is 4. The third kappa shape index (κ3) is 7.64. The van der Waals surface area contributed by atoms with E-state index in [1.165, 1.54) is 12.1 Å². The third-order valence-corrected chi connectivity index (χ3v) is 5.61. The van der Waals surface area contributed by atoms with E-state index in [-0.39, 0.29) is 25.4 Å². The molecule has 0 bridgehead atoms. The average molecular weight is 409 g/mol. The zero-order chi connectivity index (χ0) is 20.7. The van der Waals surface area contributed by atoms with Gasteiger partial charge in [0.25, 0.3) is 0 Å². The maximum Gasteiger partial charge on any atom is 0.416 e.